The van der Waals surface area contributed by atoms with Gasteiger partial charge < -0.3 is 5.32 Å². The number of nitrogens with one attached hydrogen (secondary N) is 1. The van der Waals surface area contributed by atoms with Gasteiger partial charge in [0.05, 0.1) is 0 Å². The van der Waals surface area contributed by atoms with Gasteiger partial charge in [-0.2, -0.15) is 0 Å². The second-order valence-electron chi connectivity index (χ2n) is 2.39. The maximum atomic E-state index is 5.75. The summed E-state index contributed by atoms with van der Waals surface area (Å²) in [6.07, 6.45) is 3.95. The third kappa shape index (κ3) is 2.23. The lowest BCUT2D eigenvalue weighted by Gasteiger charge is -2.02. The zero-order chi connectivity index (χ0) is 9.14. The Bertz CT molecular complexity index is 266. The van der Waals surface area contributed by atoms with Crippen LogP contribution in [0.1, 0.15) is 13.8 Å². The van der Waals surface area contributed by atoms with E-state index in [-0.39, 0.29) is 5.50 Å². The molecule has 1 rings (SSSR count). The van der Waals surface area contributed by atoms with E-state index in [0.717, 1.165) is 11.4 Å². The van der Waals surface area contributed by atoms with Crippen LogP contribution < -0.4 is 5.32 Å². The van der Waals surface area contributed by atoms with Crippen LogP contribution in [0, 0.1) is 0 Å². The topological polar surface area (TPSA) is 24.4 Å². The minimum absolute atomic E-state index is 0.182. The molecule has 0 radical (unpaired) electrons. The second-order valence-corrected chi connectivity index (χ2v) is 4.18. The summed E-state index contributed by atoms with van der Waals surface area (Å²) in [5, 5.41) is 3.07. The third-order valence-electron chi connectivity index (χ3n) is 1.44. The van der Waals surface area contributed by atoms with Crippen molar-refractivity contribution >= 4 is 40.0 Å². The first-order valence-corrected chi connectivity index (χ1v) is 5.17. The van der Waals surface area contributed by atoms with E-state index in [1.807, 2.05) is 26.1 Å². The SMILES string of the molecule is C/C=C1/C(I)=CN/C1=N/C(C)Cl. The predicted molar refractivity (Wildman–Crippen MR) is 61.7 cm³/mol. The van der Waals surface area contributed by atoms with Crippen molar-refractivity contribution < 1.29 is 0 Å². The molecule has 0 saturated heterocycles. The Labute approximate surface area is 90.9 Å². The third-order valence-corrected chi connectivity index (χ3v) is 2.43. The summed E-state index contributed by atoms with van der Waals surface area (Å²) in [5.41, 5.74) is 0.946. The van der Waals surface area contributed by atoms with Crippen LogP contribution in [-0.2, 0) is 0 Å². The number of amidine groups is 1. The second kappa shape index (κ2) is 4.28. The highest BCUT2D eigenvalue weighted by Gasteiger charge is 2.15. The van der Waals surface area contributed by atoms with Gasteiger partial charge in [-0.25, -0.2) is 4.99 Å². The molecule has 0 aromatic heterocycles. The van der Waals surface area contributed by atoms with Gasteiger partial charge in [0.1, 0.15) is 11.3 Å². The number of nitrogens with zero attached hydrogens (tertiary/aromatic N) is 1. The summed E-state index contributed by atoms with van der Waals surface area (Å²) in [6.45, 7) is 3.83. The first-order valence-electron chi connectivity index (χ1n) is 3.66. The van der Waals surface area contributed by atoms with Crippen molar-refractivity contribution in [3.63, 3.8) is 0 Å². The minimum atomic E-state index is -0.182. The molecule has 4 heteroatoms. The number of rotatable bonds is 1. The van der Waals surface area contributed by atoms with E-state index in [4.69, 9.17) is 11.6 Å². The molecule has 1 heterocycles. The molecular weight excluding hydrogens is 286 g/mol. The van der Waals surface area contributed by atoms with Crippen LogP contribution in [0.15, 0.2) is 26.4 Å². The molecule has 1 unspecified atom stereocenters. The van der Waals surface area contributed by atoms with Crippen LogP contribution >= 0.6 is 34.2 Å². The van der Waals surface area contributed by atoms with Gasteiger partial charge in [0, 0.05) is 15.4 Å². The average Bonchev–Trinajstić information content (AvgIpc) is 2.30. The summed E-state index contributed by atoms with van der Waals surface area (Å²) in [7, 11) is 0. The van der Waals surface area contributed by atoms with E-state index in [1.54, 1.807) is 0 Å². The molecule has 0 fully saturated rings. The molecule has 12 heavy (non-hydrogen) atoms. The minimum Gasteiger partial charge on any atom is -0.345 e. The summed E-state index contributed by atoms with van der Waals surface area (Å²) in [6, 6.07) is 0. The van der Waals surface area contributed by atoms with Crippen LogP contribution in [0.4, 0.5) is 0 Å². The van der Waals surface area contributed by atoms with Crippen molar-refractivity contribution in [3.8, 4) is 0 Å². The number of aliphatic imine (C=N–C) groups is 1. The number of allylic oxidation sites excluding steroid dienone is 1. The average molecular weight is 297 g/mol. The number of alkyl halides is 1. The molecule has 0 aromatic carbocycles. The Kier molecular flexibility index (Phi) is 3.58. The number of hydrogen-bond acceptors (Lipinski definition) is 1. The Morgan fingerprint density at radius 2 is 2.42 bits per heavy atom. The van der Waals surface area contributed by atoms with Crippen LogP contribution in [0.25, 0.3) is 0 Å². The van der Waals surface area contributed by atoms with Gasteiger partial charge in [-0.15, -0.1) is 0 Å². The summed E-state index contributed by atoms with van der Waals surface area (Å²) < 4.78 is 1.17. The zero-order valence-corrected chi connectivity index (χ0v) is 9.85. The summed E-state index contributed by atoms with van der Waals surface area (Å²) in [4.78, 5) is 4.22. The molecule has 66 valence electrons. The molecule has 1 atom stereocenters. The Balaban J connectivity index is 2.87. The van der Waals surface area contributed by atoms with E-state index in [0.29, 0.717) is 0 Å². The lowest BCUT2D eigenvalue weighted by atomic mass is 10.2. The van der Waals surface area contributed by atoms with Crippen LogP contribution in [-0.4, -0.2) is 11.3 Å². The van der Waals surface area contributed by atoms with E-state index in [1.165, 1.54) is 3.58 Å². The number of hydrogen-bond donors (Lipinski definition) is 1. The molecule has 0 amide bonds. The molecule has 1 N–H and O–H groups in total. The molecule has 0 spiro atoms. The fourth-order valence-corrected chi connectivity index (χ4v) is 1.78. The van der Waals surface area contributed by atoms with E-state index >= 15 is 0 Å². The molecule has 0 aliphatic carbocycles. The molecule has 2 nitrogen and oxygen atoms in total. The van der Waals surface area contributed by atoms with Gasteiger partial charge in [0.15, 0.2) is 0 Å². The maximum absolute atomic E-state index is 5.75. The highest BCUT2D eigenvalue weighted by Crippen LogP contribution is 2.23. The largest absolute Gasteiger partial charge is 0.345 e. The zero-order valence-electron chi connectivity index (χ0n) is 6.94. The fourth-order valence-electron chi connectivity index (χ4n) is 0.960. The van der Waals surface area contributed by atoms with Crippen LogP contribution in [0.3, 0.4) is 0 Å². The molecule has 0 bridgehead atoms. The van der Waals surface area contributed by atoms with Crippen molar-refractivity contribution in [1.82, 2.24) is 5.32 Å². The van der Waals surface area contributed by atoms with Crippen molar-refractivity contribution in [2.24, 2.45) is 4.99 Å². The first kappa shape index (κ1) is 10.1. The predicted octanol–water partition coefficient (Wildman–Crippen LogP) is 2.80. The normalized spacial score (nSPS) is 25.8. The Morgan fingerprint density at radius 1 is 1.75 bits per heavy atom. The van der Waals surface area contributed by atoms with Crippen molar-refractivity contribution in [2.75, 3.05) is 0 Å². The number of halogens is 2. The smallest absolute Gasteiger partial charge is 0.134 e. The molecule has 1 aliphatic heterocycles. The quantitative estimate of drug-likeness (QED) is 0.449. The standard InChI is InChI=1S/C8H10ClIN2/c1-3-6-7(10)4-11-8(6)12-5(2)9/h3-5H,1-2H3,(H,11,12)/b6-3-. The van der Waals surface area contributed by atoms with E-state index in [2.05, 4.69) is 32.9 Å². The highest BCUT2D eigenvalue weighted by molar-refractivity contribution is 14.1. The molecule has 0 aromatic rings. The Morgan fingerprint density at radius 3 is 2.92 bits per heavy atom. The van der Waals surface area contributed by atoms with Gasteiger partial charge in [-0.05, 0) is 36.4 Å². The first-order chi connectivity index (χ1) is 5.65. The van der Waals surface area contributed by atoms with Crippen LogP contribution in [0.2, 0.25) is 0 Å². The Hall–Kier alpha value is -0.0300. The maximum Gasteiger partial charge on any atom is 0.134 e. The van der Waals surface area contributed by atoms with Gasteiger partial charge in [-0.1, -0.05) is 17.7 Å². The van der Waals surface area contributed by atoms with E-state index < -0.39 is 0 Å². The van der Waals surface area contributed by atoms with Gasteiger partial charge in [0.2, 0.25) is 0 Å². The summed E-state index contributed by atoms with van der Waals surface area (Å²) >= 11 is 8.01. The highest BCUT2D eigenvalue weighted by atomic mass is 127. The molecular formula is C8H10ClIN2. The van der Waals surface area contributed by atoms with Gasteiger partial charge in [0.25, 0.3) is 0 Å². The fraction of sp³-hybridized carbons (Fsp3) is 0.375. The monoisotopic (exact) mass is 296 g/mol. The van der Waals surface area contributed by atoms with Crippen LogP contribution in [0.5, 0.6) is 0 Å². The van der Waals surface area contributed by atoms with Crippen molar-refractivity contribution in [1.29, 1.82) is 0 Å². The lowest BCUT2D eigenvalue weighted by molar-refractivity contribution is 1.01. The van der Waals surface area contributed by atoms with Gasteiger partial charge >= 0.3 is 0 Å². The van der Waals surface area contributed by atoms with E-state index in [9.17, 15) is 0 Å². The van der Waals surface area contributed by atoms with Crippen molar-refractivity contribution in [2.45, 2.75) is 19.3 Å². The van der Waals surface area contributed by atoms with Crippen molar-refractivity contribution in [3.05, 3.63) is 21.4 Å². The van der Waals surface area contributed by atoms with Gasteiger partial charge in [-0.3, -0.25) is 0 Å². The summed E-state index contributed by atoms with van der Waals surface area (Å²) in [5.74, 6) is 0.865. The molecule has 1 aliphatic rings. The molecule has 0 saturated carbocycles. The lowest BCUT2D eigenvalue weighted by Crippen LogP contribution is -2.14.